The second kappa shape index (κ2) is 6.02. The summed E-state index contributed by atoms with van der Waals surface area (Å²) in [7, 11) is 0. The van der Waals surface area contributed by atoms with Gasteiger partial charge in [-0.05, 0) is 38.2 Å². The Bertz CT molecular complexity index is 506. The molecule has 2 aliphatic rings. The van der Waals surface area contributed by atoms with Gasteiger partial charge in [0.1, 0.15) is 0 Å². The standard InChI is InChI=1S/C16H23N3O2/c1-2-6-18-15-10-17-7-5-14(15)16(21)19-11-3-4-12(19)9-13(20)8-11/h5,7,10-13,18,20H,2-4,6,8-9H2,1H3. The third kappa shape index (κ3) is 2.75. The van der Waals surface area contributed by atoms with Crippen molar-refractivity contribution in [1.29, 1.82) is 0 Å². The number of carbonyl (C=O) groups is 1. The summed E-state index contributed by atoms with van der Waals surface area (Å²) >= 11 is 0. The molecule has 0 aliphatic carbocycles. The summed E-state index contributed by atoms with van der Waals surface area (Å²) in [5.41, 5.74) is 1.52. The Hall–Kier alpha value is -1.62. The van der Waals surface area contributed by atoms with E-state index in [1.54, 1.807) is 18.5 Å². The average molecular weight is 289 g/mol. The maximum atomic E-state index is 12.9. The van der Waals surface area contributed by atoms with Crippen LogP contribution in [0.5, 0.6) is 0 Å². The van der Waals surface area contributed by atoms with Gasteiger partial charge in [0.15, 0.2) is 0 Å². The summed E-state index contributed by atoms with van der Waals surface area (Å²) in [6.45, 7) is 2.93. The van der Waals surface area contributed by atoms with Crippen LogP contribution in [0.4, 0.5) is 5.69 Å². The van der Waals surface area contributed by atoms with E-state index in [1.165, 1.54) is 0 Å². The summed E-state index contributed by atoms with van der Waals surface area (Å²) in [6, 6.07) is 2.18. The Morgan fingerprint density at radius 3 is 2.81 bits per heavy atom. The Morgan fingerprint density at radius 1 is 1.43 bits per heavy atom. The predicted octanol–water partition coefficient (Wildman–Crippen LogP) is 2.03. The van der Waals surface area contributed by atoms with E-state index >= 15 is 0 Å². The molecule has 2 fully saturated rings. The van der Waals surface area contributed by atoms with E-state index in [9.17, 15) is 9.90 Å². The molecule has 3 heterocycles. The minimum Gasteiger partial charge on any atom is -0.393 e. The van der Waals surface area contributed by atoms with Gasteiger partial charge in [0.2, 0.25) is 0 Å². The molecular weight excluding hydrogens is 266 g/mol. The van der Waals surface area contributed by atoms with Gasteiger partial charge in [0.25, 0.3) is 5.91 Å². The zero-order chi connectivity index (χ0) is 14.8. The molecule has 0 saturated carbocycles. The zero-order valence-electron chi connectivity index (χ0n) is 12.5. The number of rotatable bonds is 4. The van der Waals surface area contributed by atoms with Crippen LogP contribution in [0.2, 0.25) is 0 Å². The molecule has 0 radical (unpaired) electrons. The maximum absolute atomic E-state index is 12.9. The fraction of sp³-hybridized carbons (Fsp3) is 0.625. The Morgan fingerprint density at radius 2 is 2.14 bits per heavy atom. The lowest BCUT2D eigenvalue weighted by atomic mass is 9.98. The van der Waals surface area contributed by atoms with Crippen LogP contribution in [0, 0.1) is 0 Å². The number of carbonyl (C=O) groups excluding carboxylic acids is 1. The number of amides is 1. The van der Waals surface area contributed by atoms with Gasteiger partial charge in [-0.15, -0.1) is 0 Å². The molecule has 2 N–H and O–H groups in total. The van der Waals surface area contributed by atoms with Gasteiger partial charge < -0.3 is 15.3 Å². The fourth-order valence-corrected chi connectivity index (χ4v) is 3.60. The minimum atomic E-state index is -0.248. The number of nitrogens with one attached hydrogen (secondary N) is 1. The highest BCUT2D eigenvalue weighted by Crippen LogP contribution is 2.37. The Kier molecular flexibility index (Phi) is 4.10. The van der Waals surface area contributed by atoms with Gasteiger partial charge in [-0.25, -0.2) is 0 Å². The molecule has 2 aliphatic heterocycles. The third-order valence-corrected chi connectivity index (χ3v) is 4.56. The molecule has 0 aromatic carbocycles. The fourth-order valence-electron chi connectivity index (χ4n) is 3.60. The van der Waals surface area contributed by atoms with Crippen molar-refractivity contribution in [3.8, 4) is 0 Å². The van der Waals surface area contributed by atoms with Gasteiger partial charge in [-0.1, -0.05) is 6.92 Å². The van der Waals surface area contributed by atoms with E-state index in [-0.39, 0.29) is 24.1 Å². The van der Waals surface area contributed by atoms with Crippen molar-refractivity contribution < 1.29 is 9.90 Å². The van der Waals surface area contributed by atoms with Crippen LogP contribution >= 0.6 is 0 Å². The number of aliphatic hydroxyl groups is 1. The topological polar surface area (TPSA) is 65.5 Å². The van der Waals surface area contributed by atoms with Crippen LogP contribution in [-0.4, -0.2) is 45.6 Å². The molecule has 21 heavy (non-hydrogen) atoms. The molecule has 114 valence electrons. The molecule has 2 bridgehead atoms. The number of piperidine rings is 1. The van der Waals surface area contributed by atoms with E-state index in [1.807, 2.05) is 4.90 Å². The monoisotopic (exact) mass is 289 g/mol. The second-order valence-electron chi connectivity index (χ2n) is 6.07. The Labute approximate surface area is 125 Å². The number of aromatic nitrogens is 1. The highest BCUT2D eigenvalue weighted by Gasteiger charge is 2.43. The summed E-state index contributed by atoms with van der Waals surface area (Å²) in [5, 5.41) is 13.2. The minimum absolute atomic E-state index is 0.0791. The van der Waals surface area contributed by atoms with E-state index in [4.69, 9.17) is 0 Å². The summed E-state index contributed by atoms with van der Waals surface area (Å²) in [6.07, 6.45) is 7.60. The van der Waals surface area contributed by atoms with Crippen molar-refractivity contribution in [1.82, 2.24) is 9.88 Å². The summed E-state index contributed by atoms with van der Waals surface area (Å²) < 4.78 is 0. The molecule has 1 aromatic rings. The molecule has 2 unspecified atom stereocenters. The van der Waals surface area contributed by atoms with Crippen molar-refractivity contribution in [2.75, 3.05) is 11.9 Å². The number of hydrogen-bond donors (Lipinski definition) is 2. The number of hydrogen-bond acceptors (Lipinski definition) is 4. The molecule has 3 rings (SSSR count). The number of aliphatic hydroxyl groups excluding tert-OH is 1. The van der Waals surface area contributed by atoms with E-state index in [0.29, 0.717) is 18.4 Å². The lowest BCUT2D eigenvalue weighted by molar-refractivity contribution is 0.0287. The molecule has 1 amide bonds. The SMILES string of the molecule is CCCNc1cnccc1C(=O)N1C2CCC1CC(O)C2. The predicted molar refractivity (Wildman–Crippen MR) is 81.2 cm³/mol. The maximum Gasteiger partial charge on any atom is 0.256 e. The van der Waals surface area contributed by atoms with Crippen molar-refractivity contribution in [3.05, 3.63) is 24.0 Å². The molecular formula is C16H23N3O2. The number of pyridine rings is 1. The lowest BCUT2D eigenvalue weighted by Crippen LogP contribution is -2.48. The number of nitrogens with zero attached hydrogens (tertiary/aromatic N) is 2. The first kappa shape index (κ1) is 14.3. The number of anilines is 1. The van der Waals surface area contributed by atoms with Crippen LogP contribution in [0.25, 0.3) is 0 Å². The second-order valence-corrected chi connectivity index (χ2v) is 6.07. The van der Waals surface area contributed by atoms with Crippen LogP contribution in [-0.2, 0) is 0 Å². The van der Waals surface area contributed by atoms with E-state index in [0.717, 1.165) is 31.5 Å². The molecule has 5 nitrogen and oxygen atoms in total. The molecule has 2 saturated heterocycles. The molecule has 5 heteroatoms. The largest absolute Gasteiger partial charge is 0.393 e. The van der Waals surface area contributed by atoms with Crippen LogP contribution < -0.4 is 5.32 Å². The average Bonchev–Trinajstić information content (AvgIpc) is 2.76. The lowest BCUT2D eigenvalue weighted by Gasteiger charge is -2.37. The summed E-state index contributed by atoms with van der Waals surface area (Å²) in [5.74, 6) is 0.0791. The first-order valence-electron chi connectivity index (χ1n) is 7.89. The quantitative estimate of drug-likeness (QED) is 0.890. The smallest absolute Gasteiger partial charge is 0.256 e. The third-order valence-electron chi connectivity index (χ3n) is 4.56. The highest BCUT2D eigenvalue weighted by molar-refractivity contribution is 6.00. The molecule has 1 aromatic heterocycles. The number of fused-ring (bicyclic) bond motifs is 2. The van der Waals surface area contributed by atoms with Gasteiger partial charge in [-0.2, -0.15) is 0 Å². The van der Waals surface area contributed by atoms with Crippen molar-refractivity contribution in [2.24, 2.45) is 0 Å². The first-order chi connectivity index (χ1) is 10.2. The van der Waals surface area contributed by atoms with Crippen molar-refractivity contribution in [3.63, 3.8) is 0 Å². The first-order valence-corrected chi connectivity index (χ1v) is 7.89. The van der Waals surface area contributed by atoms with Crippen LogP contribution in [0.1, 0.15) is 49.4 Å². The van der Waals surface area contributed by atoms with Crippen molar-refractivity contribution >= 4 is 11.6 Å². The summed E-state index contributed by atoms with van der Waals surface area (Å²) in [4.78, 5) is 19.0. The van der Waals surface area contributed by atoms with Gasteiger partial charge in [-0.3, -0.25) is 9.78 Å². The van der Waals surface area contributed by atoms with Crippen LogP contribution in [0.15, 0.2) is 18.5 Å². The van der Waals surface area contributed by atoms with Crippen LogP contribution in [0.3, 0.4) is 0 Å². The van der Waals surface area contributed by atoms with Crippen molar-refractivity contribution in [2.45, 2.75) is 57.2 Å². The van der Waals surface area contributed by atoms with Gasteiger partial charge >= 0.3 is 0 Å². The Balaban J connectivity index is 1.83. The van der Waals surface area contributed by atoms with E-state index < -0.39 is 0 Å². The molecule has 2 atom stereocenters. The van der Waals surface area contributed by atoms with Gasteiger partial charge in [0.05, 0.1) is 23.6 Å². The highest BCUT2D eigenvalue weighted by atomic mass is 16.3. The van der Waals surface area contributed by atoms with Gasteiger partial charge in [0, 0.05) is 24.8 Å². The zero-order valence-corrected chi connectivity index (χ0v) is 12.5. The van der Waals surface area contributed by atoms with E-state index in [2.05, 4.69) is 17.2 Å². The normalized spacial score (nSPS) is 27.7. The molecule has 0 spiro atoms.